The number of nitrogens with zero attached hydrogens (tertiary/aromatic N) is 2. The number of rotatable bonds is 12. The molecule has 0 aliphatic rings. The molecule has 2 aromatic rings. The highest BCUT2D eigenvalue weighted by molar-refractivity contribution is 6.30. The fourth-order valence-electron chi connectivity index (χ4n) is 3.08. The summed E-state index contributed by atoms with van der Waals surface area (Å²) in [6.07, 6.45) is 1.78. The molecule has 33 heavy (non-hydrogen) atoms. The lowest BCUT2D eigenvalue weighted by Crippen LogP contribution is -2.49. The van der Waals surface area contributed by atoms with E-state index in [1.165, 1.54) is 30.2 Å². The van der Waals surface area contributed by atoms with E-state index in [1.54, 1.807) is 25.1 Å². The number of amides is 2. The molecule has 10 heteroatoms. The van der Waals surface area contributed by atoms with Crippen LogP contribution in [0.4, 0.5) is 5.69 Å². The van der Waals surface area contributed by atoms with Crippen molar-refractivity contribution in [3.63, 3.8) is 0 Å². The quantitative estimate of drug-likeness (QED) is 0.281. The number of methoxy groups -OCH3 is 1. The van der Waals surface area contributed by atoms with E-state index in [2.05, 4.69) is 5.32 Å². The van der Waals surface area contributed by atoms with Crippen LogP contribution in [0.15, 0.2) is 42.5 Å². The lowest BCUT2D eigenvalue weighted by Gasteiger charge is -2.28. The molecule has 0 radical (unpaired) electrons. The number of unbranched alkanes of at least 4 members (excludes halogenated alkanes) is 1. The SMILES string of the molecule is CCCCNC(=O)[C@@H](C)N(Cc1cccc(Cl)c1)C(=O)COc1ccc([N+](=O)[O-])c(OC)c1. The number of halogens is 1. The summed E-state index contributed by atoms with van der Waals surface area (Å²) >= 11 is 6.07. The number of carbonyl (C=O) groups excluding carboxylic acids is 2. The zero-order valence-electron chi connectivity index (χ0n) is 18.9. The van der Waals surface area contributed by atoms with Crippen molar-refractivity contribution in [1.29, 1.82) is 0 Å². The Morgan fingerprint density at radius 3 is 2.64 bits per heavy atom. The molecular weight excluding hydrogens is 450 g/mol. The van der Waals surface area contributed by atoms with Crippen molar-refractivity contribution in [1.82, 2.24) is 10.2 Å². The minimum atomic E-state index is -0.747. The van der Waals surface area contributed by atoms with Crippen LogP contribution in [-0.2, 0) is 16.1 Å². The Balaban J connectivity index is 2.16. The lowest BCUT2D eigenvalue weighted by molar-refractivity contribution is -0.385. The third kappa shape index (κ3) is 7.64. The minimum Gasteiger partial charge on any atom is -0.490 e. The molecule has 1 N–H and O–H groups in total. The van der Waals surface area contributed by atoms with Gasteiger partial charge in [0.2, 0.25) is 11.7 Å². The first-order chi connectivity index (χ1) is 15.8. The number of hydrogen-bond donors (Lipinski definition) is 1. The van der Waals surface area contributed by atoms with Crippen LogP contribution in [0.5, 0.6) is 11.5 Å². The molecule has 0 fully saturated rings. The van der Waals surface area contributed by atoms with Gasteiger partial charge in [-0.2, -0.15) is 0 Å². The Hall–Kier alpha value is -3.33. The first kappa shape index (κ1) is 25.9. The smallest absolute Gasteiger partial charge is 0.311 e. The predicted molar refractivity (Wildman–Crippen MR) is 125 cm³/mol. The van der Waals surface area contributed by atoms with Crippen molar-refractivity contribution in [3.05, 3.63) is 63.2 Å². The van der Waals surface area contributed by atoms with Crippen molar-refractivity contribution in [2.45, 2.75) is 39.3 Å². The van der Waals surface area contributed by atoms with Crippen LogP contribution < -0.4 is 14.8 Å². The third-order valence-electron chi connectivity index (χ3n) is 4.95. The van der Waals surface area contributed by atoms with Crippen LogP contribution in [0.3, 0.4) is 0 Å². The van der Waals surface area contributed by atoms with E-state index in [0.29, 0.717) is 11.6 Å². The minimum absolute atomic E-state index is 0.0180. The summed E-state index contributed by atoms with van der Waals surface area (Å²) in [5, 5.41) is 14.4. The Bertz CT molecular complexity index is 984. The Morgan fingerprint density at radius 2 is 2.00 bits per heavy atom. The highest BCUT2D eigenvalue weighted by atomic mass is 35.5. The first-order valence-electron chi connectivity index (χ1n) is 10.5. The largest absolute Gasteiger partial charge is 0.490 e. The predicted octanol–water partition coefficient (Wildman–Crippen LogP) is 3.97. The van der Waals surface area contributed by atoms with E-state index in [4.69, 9.17) is 21.1 Å². The molecule has 1 atom stereocenters. The van der Waals surface area contributed by atoms with Gasteiger partial charge in [-0.15, -0.1) is 0 Å². The van der Waals surface area contributed by atoms with Crippen molar-refractivity contribution < 1.29 is 24.0 Å². The number of hydrogen-bond acceptors (Lipinski definition) is 6. The Morgan fingerprint density at radius 1 is 1.24 bits per heavy atom. The normalized spacial score (nSPS) is 11.4. The van der Waals surface area contributed by atoms with Gasteiger partial charge in [0.05, 0.1) is 12.0 Å². The van der Waals surface area contributed by atoms with E-state index in [9.17, 15) is 19.7 Å². The standard InChI is InChI=1S/C23H28ClN3O6/c1-4-5-11-25-23(29)16(2)26(14-17-7-6-8-18(24)12-17)22(28)15-33-19-9-10-20(27(30)31)21(13-19)32-3/h6-10,12-13,16H,4-5,11,14-15H2,1-3H3,(H,25,29)/t16-/m1/s1. The van der Waals surface area contributed by atoms with E-state index < -0.39 is 16.9 Å². The molecule has 0 aliphatic heterocycles. The molecule has 0 heterocycles. The molecule has 0 bridgehead atoms. The molecule has 0 saturated carbocycles. The van der Waals surface area contributed by atoms with Crippen molar-refractivity contribution in [2.75, 3.05) is 20.3 Å². The number of nitro groups is 1. The highest BCUT2D eigenvalue weighted by Crippen LogP contribution is 2.30. The van der Waals surface area contributed by atoms with Gasteiger partial charge in [-0.25, -0.2) is 0 Å². The Kier molecular flexibility index (Phi) is 9.93. The summed E-state index contributed by atoms with van der Waals surface area (Å²) in [5.74, 6) is -0.445. The molecule has 2 aromatic carbocycles. The molecule has 0 aliphatic carbocycles. The van der Waals surface area contributed by atoms with Gasteiger partial charge >= 0.3 is 5.69 Å². The molecule has 0 spiro atoms. The zero-order chi connectivity index (χ0) is 24.4. The molecule has 2 amide bonds. The molecule has 178 valence electrons. The second-order valence-electron chi connectivity index (χ2n) is 7.35. The summed E-state index contributed by atoms with van der Waals surface area (Å²) < 4.78 is 10.6. The molecule has 2 rings (SSSR count). The van der Waals surface area contributed by atoms with Gasteiger partial charge in [-0.05, 0) is 37.1 Å². The number of carbonyl (C=O) groups is 2. The van der Waals surface area contributed by atoms with Crippen LogP contribution in [0.2, 0.25) is 5.02 Å². The van der Waals surface area contributed by atoms with Gasteiger partial charge in [0.15, 0.2) is 6.61 Å². The fourth-order valence-corrected chi connectivity index (χ4v) is 3.29. The van der Waals surface area contributed by atoms with Crippen LogP contribution in [-0.4, -0.2) is 47.9 Å². The number of nitrogens with one attached hydrogen (secondary N) is 1. The number of nitro benzene ring substituents is 1. The van der Waals surface area contributed by atoms with E-state index in [-0.39, 0.29) is 36.2 Å². The zero-order valence-corrected chi connectivity index (χ0v) is 19.6. The van der Waals surface area contributed by atoms with Gasteiger partial charge < -0.3 is 19.7 Å². The third-order valence-corrected chi connectivity index (χ3v) is 5.18. The second-order valence-corrected chi connectivity index (χ2v) is 7.79. The van der Waals surface area contributed by atoms with Crippen LogP contribution >= 0.6 is 11.6 Å². The van der Waals surface area contributed by atoms with Gasteiger partial charge in [0.25, 0.3) is 5.91 Å². The van der Waals surface area contributed by atoms with E-state index >= 15 is 0 Å². The summed E-state index contributed by atoms with van der Waals surface area (Å²) in [6.45, 7) is 3.99. The average Bonchev–Trinajstić information content (AvgIpc) is 2.80. The molecule has 0 aromatic heterocycles. The number of benzene rings is 2. The molecular formula is C23H28ClN3O6. The topological polar surface area (TPSA) is 111 Å². The monoisotopic (exact) mass is 477 g/mol. The number of ether oxygens (including phenoxy) is 2. The van der Waals surface area contributed by atoms with E-state index in [0.717, 1.165) is 18.4 Å². The fraction of sp³-hybridized carbons (Fsp3) is 0.391. The maximum Gasteiger partial charge on any atom is 0.311 e. The Labute approximate surface area is 197 Å². The second kappa shape index (κ2) is 12.6. The van der Waals surface area contributed by atoms with Crippen LogP contribution in [0.25, 0.3) is 0 Å². The van der Waals surface area contributed by atoms with Gasteiger partial charge in [-0.3, -0.25) is 19.7 Å². The molecule has 0 unspecified atom stereocenters. The average molecular weight is 478 g/mol. The first-order valence-corrected chi connectivity index (χ1v) is 10.9. The maximum atomic E-state index is 13.1. The highest BCUT2D eigenvalue weighted by Gasteiger charge is 2.26. The lowest BCUT2D eigenvalue weighted by atomic mass is 10.1. The summed E-state index contributed by atoms with van der Waals surface area (Å²) in [5.41, 5.74) is 0.553. The maximum absolute atomic E-state index is 13.1. The van der Waals surface area contributed by atoms with Crippen LogP contribution in [0, 0.1) is 10.1 Å². The van der Waals surface area contributed by atoms with Crippen molar-refractivity contribution in [3.8, 4) is 11.5 Å². The van der Waals surface area contributed by atoms with Crippen molar-refractivity contribution >= 4 is 29.1 Å². The van der Waals surface area contributed by atoms with Gasteiger partial charge in [0.1, 0.15) is 11.8 Å². The van der Waals surface area contributed by atoms with Gasteiger partial charge in [-0.1, -0.05) is 37.1 Å². The van der Waals surface area contributed by atoms with Gasteiger partial charge in [0, 0.05) is 30.2 Å². The summed E-state index contributed by atoms with van der Waals surface area (Å²) in [6, 6.07) is 10.3. The summed E-state index contributed by atoms with van der Waals surface area (Å²) in [7, 11) is 1.31. The van der Waals surface area contributed by atoms with Crippen molar-refractivity contribution in [2.24, 2.45) is 0 Å². The van der Waals surface area contributed by atoms with E-state index in [1.807, 2.05) is 13.0 Å². The molecule has 0 saturated heterocycles. The van der Waals surface area contributed by atoms with Crippen LogP contribution in [0.1, 0.15) is 32.3 Å². The molecule has 9 nitrogen and oxygen atoms in total. The summed E-state index contributed by atoms with van der Waals surface area (Å²) in [4.78, 5) is 37.6.